The van der Waals surface area contributed by atoms with Crippen LogP contribution in [0.2, 0.25) is 0 Å². The monoisotopic (exact) mass is 505 g/mol. The van der Waals surface area contributed by atoms with Gasteiger partial charge in [0.1, 0.15) is 18.2 Å². The average molecular weight is 506 g/mol. The molecule has 192 valence electrons. The first-order valence-electron chi connectivity index (χ1n) is 13.3. The molecule has 2 heterocycles. The highest BCUT2D eigenvalue weighted by molar-refractivity contribution is 5.79. The molecule has 0 aliphatic heterocycles. The molecule has 6 rings (SSSR count). The van der Waals surface area contributed by atoms with Crippen molar-refractivity contribution in [1.82, 2.24) is 14.5 Å². The Hall–Kier alpha value is -4.19. The van der Waals surface area contributed by atoms with Crippen LogP contribution in [0.4, 0.5) is 0 Å². The zero-order valence-electron chi connectivity index (χ0n) is 21.5. The Balaban J connectivity index is 1.33. The standard InChI is InChI=1S/C32H31N3O3/c1-21-10-12-22(13-11-21)19-35-30-17-16-25(38-20-24-15-14-23-6-2-5-9-28(23)33-24)18-29(30)34-31(35)26-7-3-4-8-27(26)32(36)37/h2,5-6,9-18,26-27H,3-4,7-8,19-20H2,1H3,(H,36,37)/t26-,27?/m0/s1. The van der Waals surface area contributed by atoms with E-state index in [1.54, 1.807) is 0 Å². The van der Waals surface area contributed by atoms with Gasteiger partial charge in [-0.15, -0.1) is 0 Å². The van der Waals surface area contributed by atoms with E-state index in [0.29, 0.717) is 19.6 Å². The smallest absolute Gasteiger partial charge is 0.307 e. The van der Waals surface area contributed by atoms with Gasteiger partial charge < -0.3 is 14.4 Å². The third-order valence-electron chi connectivity index (χ3n) is 7.67. The Labute approximate surface area is 221 Å². The number of imidazole rings is 1. The lowest BCUT2D eigenvalue weighted by Gasteiger charge is -2.28. The molecule has 0 saturated heterocycles. The molecule has 6 nitrogen and oxygen atoms in total. The third kappa shape index (κ3) is 4.86. The SMILES string of the molecule is Cc1ccc(Cn2c([C@H]3CCCCC3C(=O)O)nc3cc(OCc4ccc5ccccc5n4)ccc32)cc1. The molecular formula is C32H31N3O3. The first-order chi connectivity index (χ1) is 18.5. The zero-order valence-corrected chi connectivity index (χ0v) is 21.5. The maximum absolute atomic E-state index is 12.2. The number of pyridine rings is 1. The van der Waals surface area contributed by atoms with Gasteiger partial charge in [0.2, 0.25) is 0 Å². The molecule has 0 amide bonds. The number of hydrogen-bond acceptors (Lipinski definition) is 4. The van der Waals surface area contributed by atoms with Crippen LogP contribution in [-0.4, -0.2) is 25.6 Å². The average Bonchev–Trinajstić information content (AvgIpc) is 3.30. The molecule has 0 bridgehead atoms. The highest BCUT2D eigenvalue weighted by Gasteiger charge is 2.35. The van der Waals surface area contributed by atoms with Crippen LogP contribution in [0.15, 0.2) is 78.9 Å². The minimum absolute atomic E-state index is 0.106. The number of hydrogen-bond donors (Lipinski definition) is 1. The Morgan fingerprint density at radius 3 is 2.61 bits per heavy atom. The summed E-state index contributed by atoms with van der Waals surface area (Å²) in [6, 6.07) is 26.6. The summed E-state index contributed by atoms with van der Waals surface area (Å²) in [4.78, 5) is 21.9. The van der Waals surface area contributed by atoms with Gasteiger partial charge in [0.05, 0.1) is 28.2 Å². The molecule has 1 saturated carbocycles. The quantitative estimate of drug-likeness (QED) is 0.261. The van der Waals surface area contributed by atoms with E-state index in [0.717, 1.165) is 58.5 Å². The van der Waals surface area contributed by atoms with Crippen LogP contribution < -0.4 is 4.74 Å². The number of carbonyl (C=O) groups is 1. The van der Waals surface area contributed by atoms with Crippen molar-refractivity contribution in [1.29, 1.82) is 0 Å². The van der Waals surface area contributed by atoms with Gasteiger partial charge >= 0.3 is 5.97 Å². The number of carboxylic acids is 1. The number of rotatable bonds is 7. The van der Waals surface area contributed by atoms with E-state index < -0.39 is 11.9 Å². The van der Waals surface area contributed by atoms with Gasteiger partial charge in [-0.05, 0) is 49.6 Å². The Morgan fingerprint density at radius 2 is 1.76 bits per heavy atom. The fourth-order valence-corrected chi connectivity index (χ4v) is 5.62. The van der Waals surface area contributed by atoms with Crippen LogP contribution in [0.25, 0.3) is 21.9 Å². The molecule has 3 aromatic carbocycles. The molecule has 0 radical (unpaired) electrons. The first-order valence-corrected chi connectivity index (χ1v) is 13.3. The topological polar surface area (TPSA) is 77.2 Å². The van der Waals surface area contributed by atoms with Gasteiger partial charge in [-0.2, -0.15) is 0 Å². The second-order valence-corrected chi connectivity index (χ2v) is 10.3. The largest absolute Gasteiger partial charge is 0.487 e. The third-order valence-corrected chi connectivity index (χ3v) is 7.67. The molecule has 1 unspecified atom stereocenters. The predicted octanol–water partition coefficient (Wildman–Crippen LogP) is 6.88. The van der Waals surface area contributed by atoms with E-state index in [9.17, 15) is 9.90 Å². The minimum atomic E-state index is -0.726. The number of aliphatic carboxylic acids is 1. The lowest BCUT2D eigenvalue weighted by Crippen LogP contribution is -2.27. The highest BCUT2D eigenvalue weighted by atomic mass is 16.5. The van der Waals surface area contributed by atoms with Crippen molar-refractivity contribution in [2.24, 2.45) is 5.92 Å². The van der Waals surface area contributed by atoms with Crippen molar-refractivity contribution in [2.45, 2.75) is 51.7 Å². The summed E-state index contributed by atoms with van der Waals surface area (Å²) in [6.45, 7) is 3.09. The molecule has 6 heteroatoms. The van der Waals surface area contributed by atoms with Crippen molar-refractivity contribution in [2.75, 3.05) is 0 Å². The van der Waals surface area contributed by atoms with Crippen LogP contribution in [-0.2, 0) is 17.9 Å². The zero-order chi connectivity index (χ0) is 26.1. The molecule has 2 atom stereocenters. The summed E-state index contributed by atoms with van der Waals surface area (Å²) in [7, 11) is 0. The van der Waals surface area contributed by atoms with Crippen LogP contribution in [0, 0.1) is 12.8 Å². The maximum Gasteiger partial charge on any atom is 0.307 e. The highest BCUT2D eigenvalue weighted by Crippen LogP contribution is 2.39. The molecule has 1 fully saturated rings. The van der Waals surface area contributed by atoms with Gasteiger partial charge in [-0.1, -0.05) is 66.9 Å². The van der Waals surface area contributed by atoms with Gasteiger partial charge in [0, 0.05) is 23.9 Å². The molecule has 1 aliphatic carbocycles. The number of aromatic nitrogens is 3. The molecule has 1 aliphatic rings. The van der Waals surface area contributed by atoms with E-state index in [1.807, 2.05) is 48.5 Å². The summed E-state index contributed by atoms with van der Waals surface area (Å²) >= 11 is 0. The van der Waals surface area contributed by atoms with E-state index in [-0.39, 0.29) is 5.92 Å². The van der Waals surface area contributed by atoms with E-state index in [2.05, 4.69) is 41.8 Å². The molecule has 0 spiro atoms. The molecule has 1 N–H and O–H groups in total. The fourth-order valence-electron chi connectivity index (χ4n) is 5.62. The summed E-state index contributed by atoms with van der Waals surface area (Å²) < 4.78 is 8.34. The van der Waals surface area contributed by atoms with E-state index in [1.165, 1.54) is 11.1 Å². The fraction of sp³-hybridized carbons (Fsp3) is 0.281. The van der Waals surface area contributed by atoms with Crippen molar-refractivity contribution >= 4 is 27.9 Å². The van der Waals surface area contributed by atoms with Crippen LogP contribution >= 0.6 is 0 Å². The number of para-hydroxylation sites is 1. The lowest BCUT2D eigenvalue weighted by molar-refractivity contribution is -0.143. The lowest BCUT2D eigenvalue weighted by atomic mass is 9.78. The van der Waals surface area contributed by atoms with Gasteiger partial charge in [0.15, 0.2) is 0 Å². The summed E-state index contributed by atoms with van der Waals surface area (Å²) in [5.41, 5.74) is 6.01. The Morgan fingerprint density at radius 1 is 0.947 bits per heavy atom. The van der Waals surface area contributed by atoms with Crippen molar-refractivity contribution in [3.8, 4) is 5.75 Å². The minimum Gasteiger partial charge on any atom is -0.487 e. The van der Waals surface area contributed by atoms with E-state index in [4.69, 9.17) is 14.7 Å². The van der Waals surface area contributed by atoms with Crippen LogP contribution in [0.5, 0.6) is 5.75 Å². The number of benzene rings is 3. The molecule has 38 heavy (non-hydrogen) atoms. The first kappa shape index (κ1) is 24.2. The Kier molecular flexibility index (Phi) is 6.54. The number of carboxylic acid groups (broad SMARTS) is 1. The van der Waals surface area contributed by atoms with Crippen LogP contribution in [0.3, 0.4) is 0 Å². The summed E-state index contributed by atoms with van der Waals surface area (Å²) in [5, 5.41) is 11.1. The van der Waals surface area contributed by atoms with Crippen molar-refractivity contribution in [3.05, 3.63) is 102 Å². The second kappa shape index (κ2) is 10.3. The normalized spacial score (nSPS) is 17.6. The molecule has 2 aromatic heterocycles. The van der Waals surface area contributed by atoms with Crippen LogP contribution in [0.1, 0.15) is 54.2 Å². The predicted molar refractivity (Wildman–Crippen MR) is 148 cm³/mol. The number of ether oxygens (including phenoxy) is 1. The molecule has 5 aromatic rings. The van der Waals surface area contributed by atoms with E-state index >= 15 is 0 Å². The maximum atomic E-state index is 12.2. The number of nitrogens with zero attached hydrogens (tertiary/aromatic N) is 3. The molecular weight excluding hydrogens is 474 g/mol. The summed E-state index contributed by atoms with van der Waals surface area (Å²) in [6.07, 6.45) is 3.51. The van der Waals surface area contributed by atoms with Gasteiger partial charge in [-0.25, -0.2) is 9.97 Å². The second-order valence-electron chi connectivity index (χ2n) is 10.3. The number of fused-ring (bicyclic) bond motifs is 2. The summed E-state index contributed by atoms with van der Waals surface area (Å²) in [5.74, 6) is 0.339. The van der Waals surface area contributed by atoms with Gasteiger partial charge in [0.25, 0.3) is 0 Å². The van der Waals surface area contributed by atoms with Crippen molar-refractivity contribution in [3.63, 3.8) is 0 Å². The van der Waals surface area contributed by atoms with Gasteiger partial charge in [-0.3, -0.25) is 4.79 Å². The Bertz CT molecular complexity index is 1610. The number of aryl methyl sites for hydroxylation is 1. The van der Waals surface area contributed by atoms with Crippen molar-refractivity contribution < 1.29 is 14.6 Å².